The van der Waals surface area contributed by atoms with Gasteiger partial charge in [0.15, 0.2) is 0 Å². The van der Waals surface area contributed by atoms with E-state index in [-0.39, 0.29) is 10.6 Å². The molecule has 0 saturated heterocycles. The van der Waals surface area contributed by atoms with E-state index in [4.69, 9.17) is 0 Å². The number of hydrogen-bond donors (Lipinski definition) is 1. The van der Waals surface area contributed by atoms with E-state index in [0.29, 0.717) is 17.1 Å². The molecule has 0 aliphatic heterocycles. The van der Waals surface area contributed by atoms with Crippen LogP contribution in [0.25, 0.3) is 0 Å². The van der Waals surface area contributed by atoms with Gasteiger partial charge in [-0.3, -0.25) is 10.1 Å². The molecule has 2 rings (SSSR count). The Morgan fingerprint density at radius 3 is 2.90 bits per heavy atom. The van der Waals surface area contributed by atoms with Gasteiger partial charge >= 0.3 is 0 Å². The molecule has 1 aromatic heterocycles. The summed E-state index contributed by atoms with van der Waals surface area (Å²) in [5.41, 5.74) is 2.32. The zero-order valence-corrected chi connectivity index (χ0v) is 13.4. The highest BCUT2D eigenvalue weighted by molar-refractivity contribution is 9.10. The first kappa shape index (κ1) is 15.2. The van der Waals surface area contributed by atoms with Gasteiger partial charge in [-0.05, 0) is 57.2 Å². The predicted molar refractivity (Wildman–Crippen MR) is 85.1 cm³/mol. The lowest BCUT2D eigenvalue weighted by molar-refractivity contribution is -0.385. The number of halogens is 1. The van der Waals surface area contributed by atoms with Crippen LogP contribution in [0.15, 0.2) is 39.5 Å². The van der Waals surface area contributed by atoms with Gasteiger partial charge < -0.3 is 5.32 Å². The van der Waals surface area contributed by atoms with E-state index in [1.165, 1.54) is 11.6 Å². The van der Waals surface area contributed by atoms with Gasteiger partial charge in [-0.2, -0.15) is 11.3 Å². The number of benzene rings is 1. The molecule has 4 nitrogen and oxygen atoms in total. The van der Waals surface area contributed by atoms with Crippen molar-refractivity contribution < 1.29 is 4.92 Å². The minimum absolute atomic E-state index is 0.106. The number of nitro benzene ring substituents is 1. The molecule has 0 spiro atoms. The molecular weight excluding hydrogens is 340 g/mol. The molecule has 1 unspecified atom stereocenters. The van der Waals surface area contributed by atoms with E-state index >= 15 is 0 Å². The van der Waals surface area contributed by atoms with Crippen LogP contribution in [0.5, 0.6) is 0 Å². The zero-order valence-electron chi connectivity index (χ0n) is 11.0. The minimum Gasteiger partial charge on any atom is -0.310 e. The summed E-state index contributed by atoms with van der Waals surface area (Å²) in [6.07, 6.45) is 0.954. The van der Waals surface area contributed by atoms with Gasteiger partial charge in [0.05, 0.1) is 9.40 Å². The molecule has 0 saturated carbocycles. The van der Waals surface area contributed by atoms with Crippen molar-refractivity contribution in [3.8, 4) is 0 Å². The summed E-state index contributed by atoms with van der Waals surface area (Å²) in [6, 6.07) is 7.54. The maximum absolute atomic E-state index is 10.9. The highest BCUT2D eigenvalue weighted by Gasteiger charge is 2.15. The lowest BCUT2D eigenvalue weighted by Crippen LogP contribution is -2.27. The Morgan fingerprint density at radius 2 is 2.25 bits per heavy atom. The largest absolute Gasteiger partial charge is 0.310 e. The second kappa shape index (κ2) is 6.97. The van der Waals surface area contributed by atoms with E-state index < -0.39 is 0 Å². The van der Waals surface area contributed by atoms with Crippen molar-refractivity contribution in [2.45, 2.75) is 25.9 Å². The first-order chi connectivity index (χ1) is 9.58. The topological polar surface area (TPSA) is 55.2 Å². The van der Waals surface area contributed by atoms with E-state index in [2.05, 4.69) is 45.0 Å². The van der Waals surface area contributed by atoms with E-state index in [0.717, 1.165) is 12.0 Å². The summed E-state index contributed by atoms with van der Waals surface area (Å²) in [6.45, 7) is 2.72. The fourth-order valence-corrected chi connectivity index (χ4v) is 3.19. The van der Waals surface area contributed by atoms with Crippen LogP contribution in [0.1, 0.15) is 18.1 Å². The Kier molecular flexibility index (Phi) is 5.28. The van der Waals surface area contributed by atoms with Gasteiger partial charge in [-0.1, -0.05) is 12.1 Å². The van der Waals surface area contributed by atoms with Gasteiger partial charge in [0.25, 0.3) is 5.69 Å². The Balaban J connectivity index is 1.97. The summed E-state index contributed by atoms with van der Waals surface area (Å²) >= 11 is 5.01. The molecule has 0 aliphatic rings. The van der Waals surface area contributed by atoms with Gasteiger partial charge in [0.2, 0.25) is 0 Å². The van der Waals surface area contributed by atoms with E-state index in [1.807, 2.05) is 6.07 Å². The molecule has 6 heteroatoms. The van der Waals surface area contributed by atoms with Gasteiger partial charge in [0, 0.05) is 18.7 Å². The number of nitro groups is 1. The molecule has 0 bridgehead atoms. The van der Waals surface area contributed by atoms with Crippen molar-refractivity contribution in [3.63, 3.8) is 0 Å². The maximum atomic E-state index is 10.9. The van der Waals surface area contributed by atoms with Gasteiger partial charge in [0.1, 0.15) is 0 Å². The van der Waals surface area contributed by atoms with Crippen molar-refractivity contribution >= 4 is 33.0 Å². The first-order valence-electron chi connectivity index (χ1n) is 6.24. The minimum atomic E-state index is -0.373. The normalized spacial score (nSPS) is 12.3. The molecule has 1 aromatic carbocycles. The Morgan fingerprint density at radius 1 is 1.45 bits per heavy atom. The quantitative estimate of drug-likeness (QED) is 0.626. The molecule has 1 atom stereocenters. The van der Waals surface area contributed by atoms with Gasteiger partial charge in [-0.15, -0.1) is 0 Å². The van der Waals surface area contributed by atoms with Crippen LogP contribution in [-0.4, -0.2) is 11.0 Å². The third kappa shape index (κ3) is 3.88. The zero-order chi connectivity index (χ0) is 14.5. The molecule has 0 fully saturated rings. The summed E-state index contributed by atoms with van der Waals surface area (Å²) in [7, 11) is 0. The number of nitrogens with one attached hydrogen (secondary N) is 1. The average Bonchev–Trinajstić information content (AvgIpc) is 2.90. The summed E-state index contributed by atoms with van der Waals surface area (Å²) in [5.74, 6) is 0. The van der Waals surface area contributed by atoms with Crippen LogP contribution >= 0.6 is 27.3 Å². The summed E-state index contributed by atoms with van der Waals surface area (Å²) in [4.78, 5) is 10.5. The van der Waals surface area contributed by atoms with Gasteiger partial charge in [-0.25, -0.2) is 0 Å². The third-order valence-electron chi connectivity index (χ3n) is 3.02. The molecule has 1 N–H and O–H groups in total. The van der Waals surface area contributed by atoms with Crippen LogP contribution in [0, 0.1) is 10.1 Å². The van der Waals surface area contributed by atoms with Crippen molar-refractivity contribution in [2.75, 3.05) is 0 Å². The Bertz CT molecular complexity index is 587. The second-order valence-corrected chi connectivity index (χ2v) is 6.20. The van der Waals surface area contributed by atoms with E-state index in [1.54, 1.807) is 17.4 Å². The van der Waals surface area contributed by atoms with Crippen molar-refractivity contribution in [3.05, 3.63) is 60.7 Å². The summed E-state index contributed by atoms with van der Waals surface area (Å²) < 4.78 is 0.556. The highest BCUT2D eigenvalue weighted by atomic mass is 79.9. The van der Waals surface area contributed by atoms with Crippen LogP contribution < -0.4 is 5.32 Å². The fraction of sp³-hybridized carbons (Fsp3) is 0.286. The number of rotatable bonds is 6. The van der Waals surface area contributed by atoms with Crippen molar-refractivity contribution in [1.29, 1.82) is 0 Å². The number of hydrogen-bond acceptors (Lipinski definition) is 4. The molecule has 0 amide bonds. The second-order valence-electron chi connectivity index (χ2n) is 4.63. The Labute approximate surface area is 130 Å². The molecule has 1 heterocycles. The summed E-state index contributed by atoms with van der Waals surface area (Å²) in [5, 5.41) is 18.5. The average molecular weight is 355 g/mol. The first-order valence-corrected chi connectivity index (χ1v) is 7.97. The van der Waals surface area contributed by atoms with Crippen LogP contribution in [0.4, 0.5) is 5.69 Å². The predicted octanol–water partition coefficient (Wildman–Crippen LogP) is 4.14. The molecular formula is C14H15BrN2O2S. The molecule has 106 valence electrons. The van der Waals surface area contributed by atoms with Crippen molar-refractivity contribution in [2.24, 2.45) is 0 Å². The highest BCUT2D eigenvalue weighted by Crippen LogP contribution is 2.28. The van der Waals surface area contributed by atoms with Crippen molar-refractivity contribution in [1.82, 2.24) is 5.32 Å². The molecule has 20 heavy (non-hydrogen) atoms. The molecule has 2 aromatic rings. The van der Waals surface area contributed by atoms with Crippen LogP contribution in [0.2, 0.25) is 0 Å². The molecule has 0 aliphatic carbocycles. The lowest BCUT2D eigenvalue weighted by Gasteiger charge is -2.14. The lowest BCUT2D eigenvalue weighted by atomic mass is 10.1. The standard InChI is InChI=1S/C14H15BrN2O2S/c1-10(7-11-5-6-20-9-11)16-8-12-3-2-4-13(14(12)15)17(18)19/h2-6,9-10,16H,7-8H2,1H3. The molecule has 0 radical (unpaired) electrons. The fourth-order valence-electron chi connectivity index (χ4n) is 1.96. The maximum Gasteiger partial charge on any atom is 0.283 e. The Hall–Kier alpha value is -1.24. The number of nitrogens with zero attached hydrogens (tertiary/aromatic N) is 1. The SMILES string of the molecule is CC(Cc1ccsc1)NCc1cccc([N+](=O)[O-])c1Br. The van der Waals surface area contributed by atoms with E-state index in [9.17, 15) is 10.1 Å². The third-order valence-corrected chi connectivity index (χ3v) is 4.67. The van der Waals surface area contributed by atoms with Crippen LogP contribution in [-0.2, 0) is 13.0 Å². The number of thiophene rings is 1. The van der Waals surface area contributed by atoms with Crippen LogP contribution in [0.3, 0.4) is 0 Å². The smallest absolute Gasteiger partial charge is 0.283 e. The monoisotopic (exact) mass is 354 g/mol.